The lowest BCUT2D eigenvalue weighted by atomic mass is 9.72. The number of piperidine rings is 1. The van der Waals surface area contributed by atoms with Crippen LogP contribution in [0.1, 0.15) is 36.0 Å². The molecule has 0 amide bonds. The van der Waals surface area contributed by atoms with Crippen LogP contribution in [0.5, 0.6) is 5.75 Å². The Morgan fingerprint density at radius 2 is 1.96 bits per heavy atom. The van der Waals surface area contributed by atoms with Crippen molar-refractivity contribution in [3.8, 4) is 5.75 Å². The minimum absolute atomic E-state index is 0.107. The number of nitro benzene ring substituents is 1. The van der Waals surface area contributed by atoms with E-state index in [0.29, 0.717) is 25.3 Å². The molecule has 2 aliphatic rings. The first-order valence-corrected chi connectivity index (χ1v) is 8.49. The fourth-order valence-corrected chi connectivity index (χ4v) is 3.90. The van der Waals surface area contributed by atoms with Crippen LogP contribution in [0.15, 0.2) is 18.2 Å². The van der Waals surface area contributed by atoms with Gasteiger partial charge in [-0.1, -0.05) is 0 Å². The average molecular weight is 364 g/mol. The highest BCUT2D eigenvalue weighted by Gasteiger charge is 2.38. The largest absolute Gasteiger partial charge is 0.490 e. The molecule has 26 heavy (non-hydrogen) atoms. The predicted octanol–water partition coefficient (Wildman–Crippen LogP) is 1.90. The molecule has 1 aromatic rings. The summed E-state index contributed by atoms with van der Waals surface area (Å²) in [5.74, 6) is -1.46. The minimum Gasteiger partial charge on any atom is -0.490 e. The number of fused-ring (bicyclic) bond motifs is 1. The quantitative estimate of drug-likeness (QED) is 0.532. The van der Waals surface area contributed by atoms with Crippen molar-refractivity contribution in [1.29, 1.82) is 0 Å². The van der Waals surface area contributed by atoms with Crippen molar-refractivity contribution in [3.63, 3.8) is 0 Å². The van der Waals surface area contributed by atoms with E-state index >= 15 is 0 Å². The van der Waals surface area contributed by atoms with Gasteiger partial charge in [-0.15, -0.1) is 0 Å². The van der Waals surface area contributed by atoms with Crippen LogP contribution in [-0.4, -0.2) is 45.8 Å². The zero-order valence-electron chi connectivity index (χ0n) is 14.0. The van der Waals surface area contributed by atoms with Gasteiger partial charge in [-0.25, -0.2) is 4.79 Å². The highest BCUT2D eigenvalue weighted by Crippen LogP contribution is 2.38. The molecule has 1 saturated heterocycles. The van der Waals surface area contributed by atoms with Gasteiger partial charge in [-0.3, -0.25) is 14.9 Å². The Morgan fingerprint density at radius 3 is 2.62 bits per heavy atom. The van der Waals surface area contributed by atoms with Gasteiger partial charge in [0, 0.05) is 12.1 Å². The summed E-state index contributed by atoms with van der Waals surface area (Å²) >= 11 is 0. The van der Waals surface area contributed by atoms with E-state index in [-0.39, 0.29) is 29.0 Å². The summed E-state index contributed by atoms with van der Waals surface area (Å²) in [6.45, 7) is 0.659. The third-order valence-corrected chi connectivity index (χ3v) is 5.25. The topological polar surface area (TPSA) is 139 Å². The van der Waals surface area contributed by atoms with E-state index in [9.17, 15) is 29.9 Å². The molecule has 0 spiro atoms. The summed E-state index contributed by atoms with van der Waals surface area (Å²) in [7, 11) is 0. The molecule has 1 aliphatic heterocycles. The van der Waals surface area contributed by atoms with Gasteiger partial charge < -0.3 is 20.3 Å². The molecule has 0 unspecified atom stereocenters. The van der Waals surface area contributed by atoms with Crippen molar-refractivity contribution in [3.05, 3.63) is 33.9 Å². The number of benzene rings is 1. The van der Waals surface area contributed by atoms with E-state index in [1.54, 1.807) is 0 Å². The summed E-state index contributed by atoms with van der Waals surface area (Å²) in [6.07, 6.45) is 2.53. The van der Waals surface area contributed by atoms with Crippen molar-refractivity contribution < 1.29 is 29.5 Å². The van der Waals surface area contributed by atoms with Gasteiger partial charge in [-0.2, -0.15) is 0 Å². The van der Waals surface area contributed by atoms with Gasteiger partial charge in [0.15, 0.2) is 0 Å². The van der Waals surface area contributed by atoms with Gasteiger partial charge in [0.2, 0.25) is 0 Å². The van der Waals surface area contributed by atoms with E-state index in [4.69, 9.17) is 4.74 Å². The van der Waals surface area contributed by atoms with Crippen LogP contribution >= 0.6 is 0 Å². The third-order valence-electron chi connectivity index (χ3n) is 5.25. The van der Waals surface area contributed by atoms with Crippen molar-refractivity contribution in [2.45, 2.75) is 37.8 Å². The third kappa shape index (κ3) is 3.77. The first-order valence-electron chi connectivity index (χ1n) is 8.49. The number of hydrogen-bond donors (Lipinski definition) is 3. The minimum atomic E-state index is -1.29. The number of nitrogens with one attached hydrogen (secondary N) is 1. The molecule has 3 rings (SSSR count). The monoisotopic (exact) mass is 364 g/mol. The Balaban J connectivity index is 1.72. The highest BCUT2D eigenvalue weighted by atomic mass is 16.6. The number of non-ortho nitro benzene ring substituents is 1. The van der Waals surface area contributed by atoms with Crippen LogP contribution in [-0.2, 0) is 4.79 Å². The lowest BCUT2D eigenvalue weighted by Gasteiger charge is -2.41. The Kier molecular flexibility index (Phi) is 5.08. The molecule has 1 saturated carbocycles. The van der Waals surface area contributed by atoms with E-state index in [2.05, 4.69) is 5.32 Å². The number of aromatic carboxylic acids is 1. The van der Waals surface area contributed by atoms with Crippen molar-refractivity contribution in [1.82, 2.24) is 5.32 Å². The molecule has 0 bridgehead atoms. The molecule has 3 N–H and O–H groups in total. The Bertz CT molecular complexity index is 736. The maximum atomic E-state index is 11.4. The molecule has 1 heterocycles. The maximum absolute atomic E-state index is 11.4. The molecular weight excluding hydrogens is 344 g/mol. The lowest BCUT2D eigenvalue weighted by Crippen LogP contribution is -2.50. The zero-order valence-corrected chi connectivity index (χ0v) is 14.0. The number of rotatable bonds is 5. The summed E-state index contributed by atoms with van der Waals surface area (Å²) in [4.78, 5) is 32.8. The molecule has 9 nitrogen and oxygen atoms in total. The average Bonchev–Trinajstić information content (AvgIpc) is 2.61. The van der Waals surface area contributed by atoms with Crippen molar-refractivity contribution in [2.24, 2.45) is 11.8 Å². The molecule has 0 aromatic heterocycles. The number of carboxylic acids is 2. The molecular formula is C17H20N2O7. The van der Waals surface area contributed by atoms with E-state index in [0.717, 1.165) is 18.9 Å². The SMILES string of the molecule is O=C(O)c1cc([N+](=O)[O-])ccc1O[C@H]1CC[C@H]2CN[C@H](C(=O)O)C[C@H]2C1. The van der Waals surface area contributed by atoms with Gasteiger partial charge in [0.05, 0.1) is 11.0 Å². The molecule has 9 heteroatoms. The van der Waals surface area contributed by atoms with Gasteiger partial charge in [-0.05, 0) is 50.1 Å². The van der Waals surface area contributed by atoms with E-state index in [1.165, 1.54) is 12.1 Å². The molecule has 4 atom stereocenters. The first kappa shape index (κ1) is 18.1. The number of nitro groups is 1. The van der Waals surface area contributed by atoms with E-state index < -0.39 is 22.9 Å². The van der Waals surface area contributed by atoms with Crippen molar-refractivity contribution in [2.75, 3.05) is 6.54 Å². The van der Waals surface area contributed by atoms with E-state index in [1.807, 2.05) is 0 Å². The lowest BCUT2D eigenvalue weighted by molar-refractivity contribution is -0.384. The molecule has 140 valence electrons. The summed E-state index contributed by atoms with van der Waals surface area (Å²) in [6, 6.07) is 2.96. The van der Waals surface area contributed by atoms with Crippen LogP contribution in [0.25, 0.3) is 0 Å². The summed E-state index contributed by atoms with van der Waals surface area (Å²) in [5, 5.41) is 32.4. The standard InChI is InChI=1S/C17H20N2O7/c20-16(21)13-7-11(19(24)25)2-4-15(13)26-12-3-1-9-8-18-14(17(22)23)6-10(9)5-12/h2,4,7,9-10,12,14,18H,1,3,5-6,8H2,(H,20,21)(H,22,23)/t9-,10+,12-,14-/m0/s1. The van der Waals surface area contributed by atoms with Crippen molar-refractivity contribution >= 4 is 17.6 Å². The first-order chi connectivity index (χ1) is 12.3. The Morgan fingerprint density at radius 1 is 1.19 bits per heavy atom. The fraction of sp³-hybridized carbons (Fsp3) is 0.529. The number of nitrogens with zero attached hydrogens (tertiary/aromatic N) is 1. The van der Waals surface area contributed by atoms with Crippen LogP contribution in [0.2, 0.25) is 0 Å². The smallest absolute Gasteiger partial charge is 0.339 e. The molecule has 1 aromatic carbocycles. The summed E-state index contributed by atoms with van der Waals surface area (Å²) in [5.41, 5.74) is -0.545. The highest BCUT2D eigenvalue weighted by molar-refractivity contribution is 5.91. The van der Waals surface area contributed by atoms with Gasteiger partial charge in [0.1, 0.15) is 17.4 Å². The second-order valence-corrected chi connectivity index (χ2v) is 6.85. The Hall–Kier alpha value is -2.68. The molecule has 1 aliphatic carbocycles. The van der Waals surface area contributed by atoms with Crippen LogP contribution < -0.4 is 10.1 Å². The molecule has 0 radical (unpaired) electrons. The normalized spacial score (nSPS) is 28.0. The molecule has 2 fully saturated rings. The second-order valence-electron chi connectivity index (χ2n) is 6.85. The second kappa shape index (κ2) is 7.28. The number of carboxylic acid groups (broad SMARTS) is 2. The van der Waals surface area contributed by atoms with Gasteiger partial charge in [0.25, 0.3) is 5.69 Å². The zero-order chi connectivity index (χ0) is 18.8. The fourth-order valence-electron chi connectivity index (χ4n) is 3.90. The van der Waals surface area contributed by atoms with Gasteiger partial charge >= 0.3 is 11.9 Å². The number of aliphatic carboxylic acids is 1. The van der Waals surface area contributed by atoms with Crippen LogP contribution in [0, 0.1) is 22.0 Å². The predicted molar refractivity (Wildman–Crippen MR) is 89.3 cm³/mol. The number of hydrogen-bond acceptors (Lipinski definition) is 6. The number of carbonyl (C=O) groups is 2. The number of ether oxygens (including phenoxy) is 1. The summed E-state index contributed by atoms with van der Waals surface area (Å²) < 4.78 is 5.86. The Labute approximate surface area is 149 Å². The van der Waals surface area contributed by atoms with Crippen LogP contribution in [0.4, 0.5) is 5.69 Å². The maximum Gasteiger partial charge on any atom is 0.339 e. The van der Waals surface area contributed by atoms with Crippen LogP contribution in [0.3, 0.4) is 0 Å².